The van der Waals surface area contributed by atoms with Gasteiger partial charge >= 0.3 is 0 Å². The SMILES string of the molecule is CC(C)C(CO)NC(=O)C1CCCC1. The third-order valence-corrected chi connectivity index (χ3v) is 3.06. The van der Waals surface area contributed by atoms with Crippen molar-refractivity contribution in [1.29, 1.82) is 0 Å². The van der Waals surface area contributed by atoms with Crippen LogP contribution in [0.3, 0.4) is 0 Å². The van der Waals surface area contributed by atoms with Crippen molar-refractivity contribution in [3.8, 4) is 0 Å². The summed E-state index contributed by atoms with van der Waals surface area (Å²) >= 11 is 0. The van der Waals surface area contributed by atoms with E-state index in [0.717, 1.165) is 12.8 Å². The Balaban J connectivity index is 2.37. The minimum atomic E-state index is -0.0805. The fourth-order valence-corrected chi connectivity index (χ4v) is 1.91. The van der Waals surface area contributed by atoms with Crippen molar-refractivity contribution in [2.45, 2.75) is 45.6 Å². The zero-order valence-corrected chi connectivity index (χ0v) is 9.12. The molecule has 1 saturated carbocycles. The van der Waals surface area contributed by atoms with E-state index in [9.17, 15) is 4.79 Å². The van der Waals surface area contributed by atoms with Crippen LogP contribution in [0, 0.1) is 11.8 Å². The number of aliphatic hydroxyl groups excluding tert-OH is 1. The molecule has 0 saturated heterocycles. The highest BCUT2D eigenvalue weighted by atomic mass is 16.3. The van der Waals surface area contributed by atoms with Crippen LogP contribution in [-0.4, -0.2) is 23.7 Å². The number of carbonyl (C=O) groups is 1. The minimum Gasteiger partial charge on any atom is -0.394 e. The Bertz CT molecular complexity index is 186. The highest BCUT2D eigenvalue weighted by Crippen LogP contribution is 2.24. The third kappa shape index (κ3) is 2.98. The first kappa shape index (κ1) is 11.5. The summed E-state index contributed by atoms with van der Waals surface area (Å²) in [6.07, 6.45) is 4.37. The molecular weight excluding hydrogens is 178 g/mol. The second-order valence-electron chi connectivity index (χ2n) is 4.52. The summed E-state index contributed by atoms with van der Waals surface area (Å²) in [7, 11) is 0. The van der Waals surface area contributed by atoms with E-state index in [2.05, 4.69) is 5.32 Å². The molecule has 0 aliphatic heterocycles. The summed E-state index contributed by atoms with van der Waals surface area (Å²) in [5.74, 6) is 0.628. The lowest BCUT2D eigenvalue weighted by atomic mass is 10.0. The van der Waals surface area contributed by atoms with Gasteiger partial charge in [0.15, 0.2) is 0 Å². The Hall–Kier alpha value is -0.570. The molecule has 0 aromatic heterocycles. The van der Waals surface area contributed by atoms with Crippen molar-refractivity contribution in [2.24, 2.45) is 11.8 Å². The average molecular weight is 199 g/mol. The molecule has 0 spiro atoms. The number of nitrogens with one attached hydrogen (secondary N) is 1. The van der Waals surface area contributed by atoms with E-state index in [-0.39, 0.29) is 24.5 Å². The maximum Gasteiger partial charge on any atom is 0.223 e. The molecule has 1 aliphatic carbocycles. The van der Waals surface area contributed by atoms with Crippen LogP contribution in [0.4, 0.5) is 0 Å². The van der Waals surface area contributed by atoms with Gasteiger partial charge in [0, 0.05) is 5.92 Å². The summed E-state index contributed by atoms with van der Waals surface area (Å²) in [5.41, 5.74) is 0. The Morgan fingerprint density at radius 2 is 2.00 bits per heavy atom. The molecule has 0 bridgehead atoms. The second kappa shape index (κ2) is 5.35. The Kier molecular flexibility index (Phi) is 4.39. The predicted molar refractivity (Wildman–Crippen MR) is 55.8 cm³/mol. The van der Waals surface area contributed by atoms with E-state index in [1.165, 1.54) is 12.8 Å². The van der Waals surface area contributed by atoms with Crippen molar-refractivity contribution in [2.75, 3.05) is 6.61 Å². The Morgan fingerprint density at radius 3 is 2.43 bits per heavy atom. The van der Waals surface area contributed by atoms with Crippen LogP contribution in [-0.2, 0) is 4.79 Å². The standard InChI is InChI=1S/C11H21NO2/c1-8(2)10(7-13)12-11(14)9-5-3-4-6-9/h8-10,13H,3-7H2,1-2H3,(H,12,14). The summed E-state index contributed by atoms with van der Waals surface area (Å²) in [6.45, 7) is 4.06. The van der Waals surface area contributed by atoms with Gasteiger partial charge in [-0.3, -0.25) is 4.79 Å². The fraction of sp³-hybridized carbons (Fsp3) is 0.909. The Labute approximate surface area is 85.9 Å². The van der Waals surface area contributed by atoms with E-state index in [1.807, 2.05) is 13.8 Å². The predicted octanol–water partition coefficient (Wildman–Crippen LogP) is 1.31. The monoisotopic (exact) mass is 199 g/mol. The van der Waals surface area contributed by atoms with Gasteiger partial charge in [-0.05, 0) is 18.8 Å². The largest absolute Gasteiger partial charge is 0.394 e. The van der Waals surface area contributed by atoms with Gasteiger partial charge in [-0.1, -0.05) is 26.7 Å². The lowest BCUT2D eigenvalue weighted by Gasteiger charge is -2.21. The zero-order chi connectivity index (χ0) is 10.6. The van der Waals surface area contributed by atoms with E-state index >= 15 is 0 Å². The molecule has 3 nitrogen and oxygen atoms in total. The van der Waals surface area contributed by atoms with Gasteiger partial charge in [-0.2, -0.15) is 0 Å². The molecule has 14 heavy (non-hydrogen) atoms. The molecule has 82 valence electrons. The summed E-state index contributed by atoms with van der Waals surface area (Å²) < 4.78 is 0. The van der Waals surface area contributed by atoms with Crippen molar-refractivity contribution in [3.63, 3.8) is 0 Å². The first-order valence-corrected chi connectivity index (χ1v) is 5.56. The number of amides is 1. The smallest absolute Gasteiger partial charge is 0.223 e. The van der Waals surface area contributed by atoms with Gasteiger partial charge in [0.1, 0.15) is 0 Å². The summed E-state index contributed by atoms with van der Waals surface area (Å²) in [4.78, 5) is 11.7. The minimum absolute atomic E-state index is 0.0378. The number of aliphatic hydroxyl groups is 1. The average Bonchev–Trinajstić information content (AvgIpc) is 2.65. The van der Waals surface area contributed by atoms with E-state index in [4.69, 9.17) is 5.11 Å². The summed E-state index contributed by atoms with van der Waals surface area (Å²) in [5, 5.41) is 12.0. The van der Waals surface area contributed by atoms with Crippen molar-refractivity contribution < 1.29 is 9.90 Å². The Morgan fingerprint density at radius 1 is 1.43 bits per heavy atom. The van der Waals surface area contributed by atoms with Gasteiger partial charge in [-0.25, -0.2) is 0 Å². The topological polar surface area (TPSA) is 49.3 Å². The number of hydrogen-bond donors (Lipinski definition) is 2. The molecule has 0 radical (unpaired) electrons. The summed E-state index contributed by atoms with van der Waals surface area (Å²) in [6, 6.07) is -0.0805. The highest BCUT2D eigenvalue weighted by Gasteiger charge is 2.25. The highest BCUT2D eigenvalue weighted by molar-refractivity contribution is 5.79. The molecule has 1 fully saturated rings. The van der Waals surface area contributed by atoms with Gasteiger partial charge in [0.25, 0.3) is 0 Å². The number of carbonyl (C=O) groups excluding carboxylic acids is 1. The lowest BCUT2D eigenvalue weighted by Crippen LogP contribution is -2.43. The molecule has 0 aromatic rings. The second-order valence-corrected chi connectivity index (χ2v) is 4.52. The van der Waals surface area contributed by atoms with Gasteiger partial charge in [0.2, 0.25) is 5.91 Å². The molecule has 3 heteroatoms. The van der Waals surface area contributed by atoms with Crippen molar-refractivity contribution in [3.05, 3.63) is 0 Å². The molecular formula is C11H21NO2. The van der Waals surface area contributed by atoms with Crippen LogP contribution in [0.5, 0.6) is 0 Å². The first-order chi connectivity index (χ1) is 6.65. The maximum atomic E-state index is 11.7. The quantitative estimate of drug-likeness (QED) is 0.717. The van der Waals surface area contributed by atoms with E-state index in [0.29, 0.717) is 5.92 Å². The molecule has 0 heterocycles. The van der Waals surface area contributed by atoms with Crippen LogP contribution < -0.4 is 5.32 Å². The first-order valence-electron chi connectivity index (χ1n) is 5.56. The normalized spacial score (nSPS) is 20.0. The van der Waals surface area contributed by atoms with Gasteiger partial charge < -0.3 is 10.4 Å². The third-order valence-electron chi connectivity index (χ3n) is 3.06. The molecule has 1 amide bonds. The van der Waals surface area contributed by atoms with E-state index < -0.39 is 0 Å². The van der Waals surface area contributed by atoms with Crippen LogP contribution in [0.25, 0.3) is 0 Å². The van der Waals surface area contributed by atoms with Gasteiger partial charge in [-0.15, -0.1) is 0 Å². The molecule has 1 aliphatic rings. The van der Waals surface area contributed by atoms with Crippen LogP contribution in [0.1, 0.15) is 39.5 Å². The molecule has 1 rings (SSSR count). The molecule has 0 aromatic carbocycles. The number of hydrogen-bond acceptors (Lipinski definition) is 2. The van der Waals surface area contributed by atoms with Crippen LogP contribution in [0.15, 0.2) is 0 Å². The molecule has 2 N–H and O–H groups in total. The maximum absolute atomic E-state index is 11.7. The zero-order valence-electron chi connectivity index (χ0n) is 9.12. The van der Waals surface area contributed by atoms with Crippen molar-refractivity contribution in [1.82, 2.24) is 5.32 Å². The lowest BCUT2D eigenvalue weighted by molar-refractivity contribution is -0.126. The van der Waals surface area contributed by atoms with Crippen LogP contribution >= 0.6 is 0 Å². The molecule has 1 unspecified atom stereocenters. The fourth-order valence-electron chi connectivity index (χ4n) is 1.91. The van der Waals surface area contributed by atoms with Gasteiger partial charge in [0.05, 0.1) is 12.6 Å². The van der Waals surface area contributed by atoms with Crippen molar-refractivity contribution >= 4 is 5.91 Å². The van der Waals surface area contributed by atoms with E-state index in [1.54, 1.807) is 0 Å². The number of rotatable bonds is 4. The van der Waals surface area contributed by atoms with Crippen LogP contribution in [0.2, 0.25) is 0 Å². The molecule has 1 atom stereocenters.